The van der Waals surface area contributed by atoms with Crippen molar-refractivity contribution in [1.29, 1.82) is 0 Å². The van der Waals surface area contributed by atoms with Gasteiger partial charge in [-0.2, -0.15) is 5.10 Å². The molecule has 1 N–H and O–H groups in total. The monoisotopic (exact) mass is 380 g/mol. The third-order valence-corrected chi connectivity index (χ3v) is 5.39. The Hall–Kier alpha value is -2.93. The van der Waals surface area contributed by atoms with E-state index in [2.05, 4.69) is 28.9 Å². The van der Waals surface area contributed by atoms with Crippen LogP contribution in [0.3, 0.4) is 0 Å². The summed E-state index contributed by atoms with van der Waals surface area (Å²) in [7, 11) is 0. The number of aromatic nitrogens is 2. The van der Waals surface area contributed by atoms with Crippen molar-refractivity contribution in [3.63, 3.8) is 0 Å². The minimum atomic E-state index is -0.282. The van der Waals surface area contributed by atoms with Crippen molar-refractivity contribution in [3.05, 3.63) is 64.5 Å². The second-order valence-corrected chi connectivity index (χ2v) is 7.57. The Morgan fingerprint density at radius 1 is 1.21 bits per heavy atom. The summed E-state index contributed by atoms with van der Waals surface area (Å²) in [4.78, 5) is 29.6. The van der Waals surface area contributed by atoms with Gasteiger partial charge in [-0.1, -0.05) is 32.0 Å². The van der Waals surface area contributed by atoms with Crippen LogP contribution in [-0.4, -0.2) is 51.6 Å². The first-order valence-corrected chi connectivity index (χ1v) is 9.57. The van der Waals surface area contributed by atoms with Gasteiger partial charge in [0.15, 0.2) is 5.69 Å². The van der Waals surface area contributed by atoms with E-state index in [0.717, 1.165) is 25.4 Å². The first-order chi connectivity index (χ1) is 13.5. The molecular formula is C21H24N4O3. The van der Waals surface area contributed by atoms with Crippen LogP contribution in [0.4, 0.5) is 0 Å². The molecule has 1 aliphatic rings. The van der Waals surface area contributed by atoms with Gasteiger partial charge in [0.1, 0.15) is 5.76 Å². The molecule has 0 aliphatic carbocycles. The average Bonchev–Trinajstić information content (AvgIpc) is 3.21. The minimum Gasteiger partial charge on any atom is -0.468 e. The SMILES string of the molecule is CC(C)[C@H]1CN(Cc2ccco2)CCN1C(=O)c1n[nH]c(=O)c2ccccc12. The zero-order chi connectivity index (χ0) is 19.7. The molecule has 1 aliphatic heterocycles. The maximum atomic E-state index is 13.4. The van der Waals surface area contributed by atoms with E-state index in [0.29, 0.717) is 23.0 Å². The number of nitrogens with one attached hydrogen (secondary N) is 1. The van der Waals surface area contributed by atoms with Gasteiger partial charge in [-0.05, 0) is 24.1 Å². The molecule has 1 atom stereocenters. The van der Waals surface area contributed by atoms with Crippen LogP contribution < -0.4 is 5.56 Å². The van der Waals surface area contributed by atoms with Crippen LogP contribution in [0, 0.1) is 5.92 Å². The van der Waals surface area contributed by atoms with Gasteiger partial charge in [0.25, 0.3) is 11.5 Å². The van der Waals surface area contributed by atoms with E-state index >= 15 is 0 Å². The summed E-state index contributed by atoms with van der Waals surface area (Å²) in [6.07, 6.45) is 1.68. The van der Waals surface area contributed by atoms with Gasteiger partial charge in [-0.3, -0.25) is 14.5 Å². The quantitative estimate of drug-likeness (QED) is 0.752. The highest BCUT2D eigenvalue weighted by molar-refractivity contribution is 6.04. The predicted octanol–water partition coefficient (Wildman–Crippen LogP) is 2.50. The maximum absolute atomic E-state index is 13.4. The van der Waals surface area contributed by atoms with Gasteiger partial charge in [-0.15, -0.1) is 0 Å². The van der Waals surface area contributed by atoms with Gasteiger partial charge in [-0.25, -0.2) is 5.10 Å². The molecule has 0 radical (unpaired) electrons. The number of H-pyrrole nitrogens is 1. The Kier molecular flexibility index (Phi) is 5.00. The zero-order valence-corrected chi connectivity index (χ0v) is 16.1. The number of benzene rings is 1. The third kappa shape index (κ3) is 3.45. The fourth-order valence-electron chi connectivity index (χ4n) is 3.87. The van der Waals surface area contributed by atoms with Crippen LogP contribution >= 0.6 is 0 Å². The number of carbonyl (C=O) groups is 1. The molecular weight excluding hydrogens is 356 g/mol. The molecule has 1 saturated heterocycles. The van der Waals surface area contributed by atoms with E-state index in [-0.39, 0.29) is 23.4 Å². The lowest BCUT2D eigenvalue weighted by molar-refractivity contribution is 0.0310. The molecule has 1 amide bonds. The number of piperazine rings is 1. The van der Waals surface area contributed by atoms with Crippen molar-refractivity contribution in [2.24, 2.45) is 5.92 Å². The fraction of sp³-hybridized carbons (Fsp3) is 0.381. The van der Waals surface area contributed by atoms with Crippen molar-refractivity contribution in [3.8, 4) is 0 Å². The molecule has 2 aromatic heterocycles. The number of fused-ring (bicyclic) bond motifs is 1. The molecule has 146 valence electrons. The Morgan fingerprint density at radius 2 is 2.00 bits per heavy atom. The number of amides is 1. The molecule has 3 aromatic rings. The van der Waals surface area contributed by atoms with Crippen LogP contribution in [0.15, 0.2) is 51.9 Å². The van der Waals surface area contributed by atoms with Gasteiger partial charge in [0, 0.05) is 31.1 Å². The Bertz CT molecular complexity index is 1030. The van der Waals surface area contributed by atoms with E-state index in [4.69, 9.17) is 4.42 Å². The molecule has 0 spiro atoms. The standard InChI is InChI=1S/C21H24N4O3/c1-14(2)18-13-24(12-15-6-5-11-28-15)9-10-25(18)21(27)19-16-7-3-4-8-17(16)20(26)23-22-19/h3-8,11,14,18H,9-10,12-13H2,1-2H3,(H,23,26)/t18-/m1/s1. The zero-order valence-electron chi connectivity index (χ0n) is 16.1. The first-order valence-electron chi connectivity index (χ1n) is 9.57. The molecule has 4 rings (SSSR count). The Balaban J connectivity index is 1.60. The lowest BCUT2D eigenvalue weighted by Gasteiger charge is -2.43. The van der Waals surface area contributed by atoms with Crippen molar-refractivity contribution < 1.29 is 9.21 Å². The van der Waals surface area contributed by atoms with Crippen LogP contribution in [0.1, 0.15) is 30.1 Å². The van der Waals surface area contributed by atoms with Gasteiger partial charge >= 0.3 is 0 Å². The largest absolute Gasteiger partial charge is 0.468 e. The molecule has 1 aromatic carbocycles. The highest BCUT2D eigenvalue weighted by Gasteiger charge is 2.34. The second-order valence-electron chi connectivity index (χ2n) is 7.57. The van der Waals surface area contributed by atoms with Crippen molar-refractivity contribution in [2.75, 3.05) is 19.6 Å². The summed E-state index contributed by atoms with van der Waals surface area (Å²) in [5.74, 6) is 1.08. The Labute approximate surface area is 162 Å². The normalized spacial score (nSPS) is 18.1. The fourth-order valence-corrected chi connectivity index (χ4v) is 3.87. The summed E-state index contributed by atoms with van der Waals surface area (Å²) in [6.45, 7) is 7.12. The van der Waals surface area contributed by atoms with E-state index < -0.39 is 0 Å². The van der Waals surface area contributed by atoms with Crippen LogP contribution in [0.5, 0.6) is 0 Å². The summed E-state index contributed by atoms with van der Waals surface area (Å²) in [6, 6.07) is 11.0. The van der Waals surface area contributed by atoms with Gasteiger partial charge < -0.3 is 9.32 Å². The number of hydrogen-bond donors (Lipinski definition) is 1. The van der Waals surface area contributed by atoms with Crippen molar-refractivity contribution in [2.45, 2.75) is 26.4 Å². The smallest absolute Gasteiger partial charge is 0.275 e. The number of rotatable bonds is 4. The number of aromatic amines is 1. The number of hydrogen-bond acceptors (Lipinski definition) is 5. The van der Waals surface area contributed by atoms with Gasteiger partial charge in [0.2, 0.25) is 0 Å². The lowest BCUT2D eigenvalue weighted by Crippen LogP contribution is -2.57. The van der Waals surface area contributed by atoms with E-state index in [1.807, 2.05) is 23.1 Å². The summed E-state index contributed by atoms with van der Waals surface area (Å²) in [5.41, 5.74) is 0.0242. The molecule has 3 heterocycles. The molecule has 0 unspecified atom stereocenters. The maximum Gasteiger partial charge on any atom is 0.275 e. The summed E-state index contributed by atoms with van der Waals surface area (Å²) in [5, 5.41) is 7.65. The van der Waals surface area contributed by atoms with Gasteiger partial charge in [0.05, 0.1) is 18.2 Å². The molecule has 7 heteroatoms. The number of carbonyl (C=O) groups excluding carboxylic acids is 1. The van der Waals surface area contributed by atoms with Crippen LogP contribution in [-0.2, 0) is 6.54 Å². The van der Waals surface area contributed by atoms with Crippen LogP contribution in [0.25, 0.3) is 10.8 Å². The van der Waals surface area contributed by atoms with Crippen LogP contribution in [0.2, 0.25) is 0 Å². The first kappa shape index (κ1) is 18.4. The van der Waals surface area contributed by atoms with E-state index in [9.17, 15) is 9.59 Å². The molecule has 1 fully saturated rings. The Morgan fingerprint density at radius 3 is 2.71 bits per heavy atom. The van der Waals surface area contributed by atoms with E-state index in [1.165, 1.54) is 0 Å². The highest BCUT2D eigenvalue weighted by Crippen LogP contribution is 2.23. The molecule has 0 bridgehead atoms. The minimum absolute atomic E-state index is 0.0590. The lowest BCUT2D eigenvalue weighted by atomic mass is 9.98. The molecule has 28 heavy (non-hydrogen) atoms. The number of furan rings is 1. The predicted molar refractivity (Wildman–Crippen MR) is 106 cm³/mol. The molecule has 0 saturated carbocycles. The highest BCUT2D eigenvalue weighted by atomic mass is 16.3. The summed E-state index contributed by atoms with van der Waals surface area (Å²) >= 11 is 0. The number of nitrogens with zero attached hydrogens (tertiary/aromatic N) is 3. The topological polar surface area (TPSA) is 82.4 Å². The van der Waals surface area contributed by atoms with Crippen molar-refractivity contribution >= 4 is 16.7 Å². The third-order valence-electron chi connectivity index (χ3n) is 5.39. The van der Waals surface area contributed by atoms with Crippen molar-refractivity contribution in [1.82, 2.24) is 20.0 Å². The molecule has 7 nitrogen and oxygen atoms in total. The van der Waals surface area contributed by atoms with E-state index in [1.54, 1.807) is 24.5 Å². The average molecular weight is 380 g/mol. The second kappa shape index (κ2) is 7.59. The summed E-state index contributed by atoms with van der Waals surface area (Å²) < 4.78 is 5.47.